The van der Waals surface area contributed by atoms with Crippen LogP contribution in [0.2, 0.25) is 0 Å². The van der Waals surface area contributed by atoms with Gasteiger partial charge < -0.3 is 13.7 Å². The van der Waals surface area contributed by atoms with Gasteiger partial charge in [-0.1, -0.05) is 17.7 Å². The number of halogens is 1. The fourth-order valence-electron chi connectivity index (χ4n) is 3.79. The van der Waals surface area contributed by atoms with E-state index >= 15 is 0 Å². The van der Waals surface area contributed by atoms with E-state index in [-0.39, 0.29) is 39.8 Å². The highest BCUT2D eigenvalue weighted by Crippen LogP contribution is 2.37. The summed E-state index contributed by atoms with van der Waals surface area (Å²) < 4.78 is 41.7. The molecule has 1 fully saturated rings. The van der Waals surface area contributed by atoms with Crippen molar-refractivity contribution in [2.75, 3.05) is 18.6 Å². The number of ether oxygens (including phenoxy) is 2. The fourth-order valence-corrected chi connectivity index (χ4v) is 5.63. The van der Waals surface area contributed by atoms with Crippen LogP contribution in [0.25, 0.3) is 6.08 Å². The molecule has 3 aromatic rings. The fraction of sp³-hybridized carbons (Fsp3) is 0.143. The van der Waals surface area contributed by atoms with Gasteiger partial charge in [0, 0.05) is 0 Å². The Morgan fingerprint density at radius 3 is 2.29 bits per heavy atom. The van der Waals surface area contributed by atoms with Crippen LogP contribution in [-0.2, 0) is 24.4 Å². The van der Waals surface area contributed by atoms with Crippen LogP contribution in [-0.4, -0.2) is 45.9 Å². The number of carbonyl (C=O) groups excluding carboxylic acids is 4. The molecular weight excluding hydrogens is 667 g/mol. The molecule has 0 radical (unpaired) electrons. The average molecular weight is 690 g/mol. The van der Waals surface area contributed by atoms with Gasteiger partial charge in [0.2, 0.25) is 0 Å². The molecule has 4 amide bonds. The number of barbiturate groups is 1. The van der Waals surface area contributed by atoms with Crippen LogP contribution in [0.5, 0.6) is 11.5 Å². The molecule has 1 aliphatic rings. The van der Waals surface area contributed by atoms with E-state index in [9.17, 15) is 27.6 Å². The van der Waals surface area contributed by atoms with E-state index in [1.165, 1.54) is 61.7 Å². The normalized spacial score (nSPS) is 14.6. The summed E-state index contributed by atoms with van der Waals surface area (Å²) in [6, 6.07) is 13.6. The molecule has 0 bridgehead atoms. The first kappa shape index (κ1) is 29.7. The molecule has 1 aliphatic heterocycles. The van der Waals surface area contributed by atoms with E-state index in [0.29, 0.717) is 9.13 Å². The zero-order chi connectivity index (χ0) is 29.9. The number of amides is 4. The summed E-state index contributed by atoms with van der Waals surface area (Å²) in [6.07, 6.45) is 1.24. The number of benzene rings is 3. The molecule has 1 saturated heterocycles. The number of methoxy groups -OCH3 is 1. The molecule has 4 rings (SSSR count). The van der Waals surface area contributed by atoms with Crippen molar-refractivity contribution in [1.82, 2.24) is 5.32 Å². The van der Waals surface area contributed by atoms with E-state index in [2.05, 4.69) is 5.32 Å². The van der Waals surface area contributed by atoms with Gasteiger partial charge in [-0.05, 0) is 96.6 Å². The lowest BCUT2D eigenvalue weighted by molar-refractivity contribution is -0.122. The highest BCUT2D eigenvalue weighted by molar-refractivity contribution is 14.1. The van der Waals surface area contributed by atoms with Gasteiger partial charge in [-0.2, -0.15) is 8.42 Å². The first-order valence-electron chi connectivity index (χ1n) is 12.0. The minimum atomic E-state index is -4.19. The highest BCUT2D eigenvalue weighted by Gasteiger charge is 2.37. The Balaban J connectivity index is 1.66. The van der Waals surface area contributed by atoms with Crippen LogP contribution in [0.1, 0.15) is 28.4 Å². The van der Waals surface area contributed by atoms with Crippen molar-refractivity contribution < 1.29 is 41.3 Å². The number of hydrogen-bond acceptors (Lipinski definition) is 9. The van der Waals surface area contributed by atoms with Crippen LogP contribution < -0.4 is 19.1 Å². The molecule has 212 valence electrons. The summed E-state index contributed by atoms with van der Waals surface area (Å²) in [6.45, 7) is 3.67. The molecule has 11 nitrogen and oxygen atoms in total. The maximum atomic E-state index is 13.3. The minimum Gasteiger partial charge on any atom is -0.493 e. The van der Waals surface area contributed by atoms with Crippen molar-refractivity contribution in [3.63, 3.8) is 0 Å². The van der Waals surface area contributed by atoms with E-state index in [0.717, 1.165) is 10.5 Å². The number of nitrogens with one attached hydrogen (secondary N) is 1. The largest absolute Gasteiger partial charge is 0.493 e. The summed E-state index contributed by atoms with van der Waals surface area (Å²) in [5.41, 5.74) is 1.16. The van der Waals surface area contributed by atoms with Gasteiger partial charge in [-0.3, -0.25) is 14.9 Å². The third-order valence-electron chi connectivity index (χ3n) is 5.80. The van der Waals surface area contributed by atoms with E-state index < -0.39 is 33.9 Å². The second kappa shape index (κ2) is 12.1. The molecule has 0 saturated carbocycles. The van der Waals surface area contributed by atoms with Crippen molar-refractivity contribution in [3.05, 3.63) is 86.5 Å². The van der Waals surface area contributed by atoms with Crippen LogP contribution >= 0.6 is 22.6 Å². The second-order valence-electron chi connectivity index (χ2n) is 8.61. The molecule has 1 heterocycles. The highest BCUT2D eigenvalue weighted by atomic mass is 127. The van der Waals surface area contributed by atoms with Gasteiger partial charge in [-0.15, -0.1) is 0 Å². The Labute approximate surface area is 249 Å². The smallest absolute Gasteiger partial charge is 0.339 e. The van der Waals surface area contributed by atoms with Crippen molar-refractivity contribution in [3.8, 4) is 11.5 Å². The van der Waals surface area contributed by atoms with Gasteiger partial charge in [0.1, 0.15) is 10.5 Å². The number of aryl methyl sites for hydroxylation is 1. The van der Waals surface area contributed by atoms with Crippen LogP contribution in [0.15, 0.2) is 71.1 Å². The zero-order valence-electron chi connectivity index (χ0n) is 22.0. The third kappa shape index (κ3) is 6.41. The van der Waals surface area contributed by atoms with E-state index in [4.69, 9.17) is 13.7 Å². The average Bonchev–Trinajstić information content (AvgIpc) is 2.93. The number of carbonyl (C=O) groups is 4. The van der Waals surface area contributed by atoms with Gasteiger partial charge in [0.25, 0.3) is 11.8 Å². The SMILES string of the molecule is CCOC(=O)c1ccc(N2C(=O)NC(=O)/C(=C\c3cc(I)c(OS(=O)(=O)c4ccc(C)cc4)c(OC)c3)C2=O)cc1. The monoisotopic (exact) mass is 690 g/mol. The van der Waals surface area contributed by atoms with E-state index in [1.807, 2.05) is 29.5 Å². The molecule has 0 aliphatic carbocycles. The Hall–Kier alpha value is -4.24. The quantitative estimate of drug-likeness (QED) is 0.121. The number of rotatable bonds is 8. The molecule has 0 unspecified atom stereocenters. The minimum absolute atomic E-state index is 0.0330. The van der Waals surface area contributed by atoms with Crippen LogP contribution in [0, 0.1) is 10.5 Å². The van der Waals surface area contributed by atoms with Gasteiger partial charge in [0.05, 0.1) is 28.5 Å². The summed E-state index contributed by atoms with van der Waals surface area (Å²) in [4.78, 5) is 51.1. The number of imide groups is 2. The lowest BCUT2D eigenvalue weighted by Crippen LogP contribution is -2.54. The number of urea groups is 1. The number of hydrogen-bond donors (Lipinski definition) is 1. The molecule has 3 aromatic carbocycles. The maximum Gasteiger partial charge on any atom is 0.339 e. The van der Waals surface area contributed by atoms with Gasteiger partial charge >= 0.3 is 22.1 Å². The topological polar surface area (TPSA) is 145 Å². The molecule has 41 heavy (non-hydrogen) atoms. The van der Waals surface area contributed by atoms with Gasteiger partial charge in [0.15, 0.2) is 11.5 Å². The van der Waals surface area contributed by atoms with Gasteiger partial charge in [-0.25, -0.2) is 14.5 Å². The zero-order valence-corrected chi connectivity index (χ0v) is 24.9. The number of anilines is 1. The first-order chi connectivity index (χ1) is 19.4. The molecule has 1 N–H and O–H groups in total. The first-order valence-corrected chi connectivity index (χ1v) is 14.5. The third-order valence-corrected chi connectivity index (χ3v) is 7.84. The Bertz CT molecular complexity index is 1680. The summed E-state index contributed by atoms with van der Waals surface area (Å²) in [5, 5.41) is 2.12. The van der Waals surface area contributed by atoms with Crippen LogP contribution in [0.4, 0.5) is 10.5 Å². The molecular formula is C28H23IN2O9S. The Morgan fingerprint density at radius 2 is 1.68 bits per heavy atom. The molecule has 0 aromatic heterocycles. The number of esters is 1. The summed E-state index contributed by atoms with van der Waals surface area (Å²) >= 11 is 1.85. The lowest BCUT2D eigenvalue weighted by Gasteiger charge is -2.26. The molecule has 13 heteroatoms. The molecule has 0 spiro atoms. The van der Waals surface area contributed by atoms with Crippen molar-refractivity contribution in [1.29, 1.82) is 0 Å². The second-order valence-corrected chi connectivity index (χ2v) is 11.3. The van der Waals surface area contributed by atoms with Crippen molar-refractivity contribution >= 4 is 68.3 Å². The maximum absolute atomic E-state index is 13.3. The summed E-state index contributed by atoms with van der Waals surface area (Å²) in [7, 11) is -2.88. The predicted octanol–water partition coefficient (Wildman–Crippen LogP) is 4.22. The van der Waals surface area contributed by atoms with E-state index in [1.54, 1.807) is 19.1 Å². The van der Waals surface area contributed by atoms with Crippen molar-refractivity contribution in [2.24, 2.45) is 0 Å². The standard InChI is InChI=1S/C28H23IN2O9S/c1-4-39-27(34)18-7-9-19(10-8-18)31-26(33)21(25(32)30-28(31)35)13-17-14-22(29)24(23(15-17)38-3)40-41(36,37)20-11-5-16(2)6-12-20/h5-15H,4H2,1-3H3,(H,30,32,35)/b21-13+. The van der Waals surface area contributed by atoms with Crippen LogP contribution in [0.3, 0.4) is 0 Å². The molecule has 0 atom stereocenters. The lowest BCUT2D eigenvalue weighted by atomic mass is 10.1. The Kier molecular flexibility index (Phi) is 8.77. The number of nitrogens with zero attached hydrogens (tertiary/aromatic N) is 1. The predicted molar refractivity (Wildman–Crippen MR) is 156 cm³/mol. The van der Waals surface area contributed by atoms with Crippen molar-refractivity contribution in [2.45, 2.75) is 18.7 Å². The Morgan fingerprint density at radius 1 is 1.02 bits per heavy atom. The summed E-state index contributed by atoms with van der Waals surface area (Å²) in [5.74, 6) is -2.43.